The van der Waals surface area contributed by atoms with Crippen LogP contribution in [0.2, 0.25) is 0 Å². The molecule has 0 radical (unpaired) electrons. The normalized spacial score (nSPS) is 15.1. The van der Waals surface area contributed by atoms with E-state index in [0.717, 1.165) is 11.8 Å². The highest BCUT2D eigenvalue weighted by Crippen LogP contribution is 2.41. The number of halogens is 1. The Morgan fingerprint density at radius 2 is 1.90 bits per heavy atom. The highest BCUT2D eigenvalue weighted by atomic mass is 19.1. The topological polar surface area (TPSA) is 103 Å². The lowest BCUT2D eigenvalue weighted by atomic mass is 9.90. The second kappa shape index (κ2) is 8.55. The van der Waals surface area contributed by atoms with Gasteiger partial charge in [-0.25, -0.2) is 4.39 Å². The number of rotatable bonds is 6. The van der Waals surface area contributed by atoms with E-state index in [1.54, 1.807) is 25.2 Å². The molecule has 1 heterocycles. The first-order valence-corrected chi connectivity index (χ1v) is 8.96. The molecule has 0 aliphatic carbocycles. The van der Waals surface area contributed by atoms with Crippen molar-refractivity contribution in [2.24, 2.45) is 0 Å². The molecular formula is C21H21FN4O3. The van der Waals surface area contributed by atoms with E-state index in [-0.39, 0.29) is 41.1 Å². The van der Waals surface area contributed by atoms with Gasteiger partial charge in [0.2, 0.25) is 0 Å². The Bertz CT molecular complexity index is 986. The second-order valence-electron chi connectivity index (χ2n) is 6.42. The highest BCUT2D eigenvalue weighted by Gasteiger charge is 2.31. The van der Waals surface area contributed by atoms with Gasteiger partial charge in [-0.3, -0.25) is 9.59 Å². The number of ether oxygens (including phenoxy) is 1. The standard InChI is InChI=1S/C21H21FN4O3/c1-24-10-15(9-23)26-20(27)13-7-16-18(12-3-5-14(22)6-4-12)11-29-19(16)17(8-13)21(28)25-2/h3-10,18,23-24H,11H2,1-2H3,(H,25,28)(H,26,27)/b15-10+,23-9?. The van der Waals surface area contributed by atoms with Gasteiger partial charge in [0.1, 0.15) is 11.6 Å². The fraction of sp³-hybridized carbons (Fsp3) is 0.190. The van der Waals surface area contributed by atoms with Gasteiger partial charge in [-0.2, -0.15) is 0 Å². The third-order valence-electron chi connectivity index (χ3n) is 4.61. The third-order valence-corrected chi connectivity index (χ3v) is 4.61. The molecular weight excluding hydrogens is 375 g/mol. The summed E-state index contributed by atoms with van der Waals surface area (Å²) in [7, 11) is 3.15. The van der Waals surface area contributed by atoms with E-state index in [2.05, 4.69) is 16.0 Å². The molecule has 0 fully saturated rings. The number of benzene rings is 2. The van der Waals surface area contributed by atoms with Crippen molar-refractivity contribution in [2.45, 2.75) is 5.92 Å². The summed E-state index contributed by atoms with van der Waals surface area (Å²) in [6.07, 6.45) is 2.48. The Morgan fingerprint density at radius 3 is 2.52 bits per heavy atom. The van der Waals surface area contributed by atoms with Crippen LogP contribution in [-0.2, 0) is 0 Å². The molecule has 1 aliphatic heterocycles. The van der Waals surface area contributed by atoms with Gasteiger partial charge < -0.3 is 26.1 Å². The maximum absolute atomic E-state index is 13.3. The summed E-state index contributed by atoms with van der Waals surface area (Å²) in [6.45, 7) is 0.279. The summed E-state index contributed by atoms with van der Waals surface area (Å²) in [4.78, 5) is 25.1. The Hall–Kier alpha value is -3.68. The smallest absolute Gasteiger partial charge is 0.255 e. The van der Waals surface area contributed by atoms with Crippen LogP contribution < -0.4 is 20.7 Å². The van der Waals surface area contributed by atoms with E-state index in [0.29, 0.717) is 11.3 Å². The maximum Gasteiger partial charge on any atom is 0.255 e. The van der Waals surface area contributed by atoms with E-state index in [1.807, 2.05) is 0 Å². The van der Waals surface area contributed by atoms with Gasteiger partial charge in [0.05, 0.1) is 17.9 Å². The Kier molecular flexibility index (Phi) is 5.92. The molecule has 4 N–H and O–H groups in total. The summed E-state index contributed by atoms with van der Waals surface area (Å²) in [5.41, 5.74) is 2.26. The molecule has 2 amide bonds. The molecule has 7 nitrogen and oxygen atoms in total. The number of allylic oxidation sites excluding steroid dienone is 1. The van der Waals surface area contributed by atoms with Gasteiger partial charge in [-0.15, -0.1) is 0 Å². The highest BCUT2D eigenvalue weighted by molar-refractivity contribution is 6.03. The van der Waals surface area contributed by atoms with E-state index in [4.69, 9.17) is 10.1 Å². The van der Waals surface area contributed by atoms with Crippen molar-refractivity contribution in [2.75, 3.05) is 20.7 Å². The average Bonchev–Trinajstić information content (AvgIpc) is 3.16. The summed E-state index contributed by atoms with van der Waals surface area (Å²) in [5, 5.41) is 15.3. The van der Waals surface area contributed by atoms with Crippen LogP contribution in [0, 0.1) is 11.2 Å². The third kappa shape index (κ3) is 4.11. The van der Waals surface area contributed by atoms with E-state index in [9.17, 15) is 14.0 Å². The molecule has 8 heteroatoms. The Labute approximate surface area is 167 Å². The fourth-order valence-corrected chi connectivity index (χ4v) is 3.21. The van der Waals surface area contributed by atoms with Crippen molar-refractivity contribution < 1.29 is 18.7 Å². The zero-order valence-corrected chi connectivity index (χ0v) is 16.0. The van der Waals surface area contributed by atoms with Gasteiger partial charge in [0.25, 0.3) is 11.8 Å². The molecule has 0 saturated carbocycles. The van der Waals surface area contributed by atoms with Crippen LogP contribution in [0.25, 0.3) is 0 Å². The molecule has 150 valence electrons. The van der Waals surface area contributed by atoms with Crippen LogP contribution >= 0.6 is 0 Å². The summed E-state index contributed by atoms with van der Waals surface area (Å²) < 4.78 is 19.1. The minimum atomic E-state index is -0.465. The summed E-state index contributed by atoms with van der Waals surface area (Å²) in [6, 6.07) is 9.17. The van der Waals surface area contributed by atoms with Crippen LogP contribution in [0.4, 0.5) is 4.39 Å². The Morgan fingerprint density at radius 1 is 1.17 bits per heavy atom. The van der Waals surface area contributed by atoms with E-state index in [1.165, 1.54) is 31.4 Å². The fourth-order valence-electron chi connectivity index (χ4n) is 3.21. The maximum atomic E-state index is 13.3. The number of amides is 2. The number of carbonyl (C=O) groups excluding carboxylic acids is 2. The first kappa shape index (κ1) is 20.1. The van der Waals surface area contributed by atoms with E-state index < -0.39 is 5.91 Å². The summed E-state index contributed by atoms with van der Waals surface area (Å²) >= 11 is 0. The predicted molar refractivity (Wildman–Crippen MR) is 107 cm³/mol. The van der Waals surface area contributed by atoms with Gasteiger partial charge in [0, 0.05) is 43.6 Å². The molecule has 1 atom stereocenters. The lowest BCUT2D eigenvalue weighted by Crippen LogP contribution is -2.26. The Balaban J connectivity index is 2.05. The molecule has 2 aromatic carbocycles. The minimum absolute atomic E-state index is 0.239. The van der Waals surface area contributed by atoms with Crippen molar-refractivity contribution in [3.63, 3.8) is 0 Å². The molecule has 0 spiro atoms. The van der Waals surface area contributed by atoms with Gasteiger partial charge in [-0.1, -0.05) is 12.1 Å². The van der Waals surface area contributed by atoms with Crippen LogP contribution in [-0.4, -0.2) is 38.7 Å². The molecule has 1 unspecified atom stereocenters. The lowest BCUT2D eigenvalue weighted by molar-refractivity contribution is 0.0960. The predicted octanol–water partition coefficient (Wildman–Crippen LogP) is 2.15. The molecule has 0 bridgehead atoms. The quantitative estimate of drug-likeness (QED) is 0.562. The van der Waals surface area contributed by atoms with Crippen molar-refractivity contribution in [3.8, 4) is 5.75 Å². The number of carbonyl (C=O) groups is 2. The largest absolute Gasteiger partial charge is 0.491 e. The monoisotopic (exact) mass is 396 g/mol. The number of fused-ring (bicyclic) bond motifs is 1. The number of hydrogen-bond donors (Lipinski definition) is 4. The zero-order chi connectivity index (χ0) is 21.0. The van der Waals surface area contributed by atoms with Gasteiger partial charge in [0.15, 0.2) is 0 Å². The SMILES string of the molecule is CN/C=C(\C=N)NC(=O)c1cc(C(=O)NC)c2c(c1)C(c1ccc(F)cc1)CO2. The van der Waals surface area contributed by atoms with Crippen LogP contribution in [0.15, 0.2) is 48.3 Å². The molecule has 0 saturated heterocycles. The zero-order valence-electron chi connectivity index (χ0n) is 16.0. The van der Waals surface area contributed by atoms with Crippen molar-refractivity contribution in [1.82, 2.24) is 16.0 Å². The second-order valence-corrected chi connectivity index (χ2v) is 6.42. The van der Waals surface area contributed by atoms with Gasteiger partial charge >= 0.3 is 0 Å². The molecule has 1 aliphatic rings. The van der Waals surface area contributed by atoms with Crippen molar-refractivity contribution in [1.29, 1.82) is 5.41 Å². The molecule has 0 aromatic heterocycles. The van der Waals surface area contributed by atoms with Crippen LogP contribution in [0.1, 0.15) is 37.8 Å². The van der Waals surface area contributed by atoms with Crippen LogP contribution in [0.3, 0.4) is 0 Å². The average molecular weight is 396 g/mol. The van der Waals surface area contributed by atoms with Crippen molar-refractivity contribution in [3.05, 3.63) is 76.4 Å². The molecule has 2 aromatic rings. The lowest BCUT2D eigenvalue weighted by Gasteiger charge is -2.13. The number of hydrogen-bond acceptors (Lipinski definition) is 5. The van der Waals surface area contributed by atoms with Crippen molar-refractivity contribution >= 4 is 18.0 Å². The first-order valence-electron chi connectivity index (χ1n) is 8.96. The number of nitrogens with one attached hydrogen (secondary N) is 4. The first-order chi connectivity index (χ1) is 14.0. The minimum Gasteiger partial charge on any atom is -0.491 e. The van der Waals surface area contributed by atoms with E-state index >= 15 is 0 Å². The summed E-state index contributed by atoms with van der Waals surface area (Å²) in [5.74, 6) is -1.02. The molecule has 29 heavy (non-hydrogen) atoms. The molecule has 3 rings (SSSR count). The van der Waals surface area contributed by atoms with Gasteiger partial charge in [-0.05, 0) is 29.8 Å². The van der Waals surface area contributed by atoms with Crippen LogP contribution in [0.5, 0.6) is 5.75 Å².